The normalized spacial score (nSPS) is 12.2. The molecule has 0 saturated heterocycles. The molecule has 6 heteroatoms. The SMILES string of the molecule is Cc1cc(OCc2ccc3c(c2)OCO3)c(C(=O)O)cn1. The van der Waals surface area contributed by atoms with Crippen LogP contribution in [0.15, 0.2) is 30.5 Å². The predicted molar refractivity (Wildman–Crippen MR) is 72.8 cm³/mol. The van der Waals surface area contributed by atoms with Crippen LogP contribution in [-0.4, -0.2) is 22.9 Å². The molecular weight excluding hydrogens is 274 g/mol. The second-order valence-corrected chi connectivity index (χ2v) is 4.60. The molecule has 1 aliphatic rings. The summed E-state index contributed by atoms with van der Waals surface area (Å²) in [6.07, 6.45) is 1.30. The van der Waals surface area contributed by atoms with Crippen molar-refractivity contribution in [2.24, 2.45) is 0 Å². The van der Waals surface area contributed by atoms with Gasteiger partial charge in [-0.05, 0) is 24.6 Å². The maximum atomic E-state index is 11.1. The molecule has 1 aromatic carbocycles. The molecule has 21 heavy (non-hydrogen) atoms. The lowest BCUT2D eigenvalue weighted by molar-refractivity contribution is 0.0691. The third kappa shape index (κ3) is 2.74. The minimum atomic E-state index is -1.07. The largest absolute Gasteiger partial charge is 0.488 e. The Bertz CT molecular complexity index is 698. The van der Waals surface area contributed by atoms with E-state index in [1.807, 2.05) is 12.1 Å². The molecule has 6 nitrogen and oxygen atoms in total. The van der Waals surface area contributed by atoms with Gasteiger partial charge in [-0.15, -0.1) is 0 Å². The summed E-state index contributed by atoms with van der Waals surface area (Å²) < 4.78 is 16.1. The summed E-state index contributed by atoms with van der Waals surface area (Å²) in [4.78, 5) is 15.1. The van der Waals surface area contributed by atoms with Gasteiger partial charge in [0.05, 0.1) is 0 Å². The molecule has 0 aliphatic carbocycles. The van der Waals surface area contributed by atoms with E-state index in [9.17, 15) is 4.79 Å². The number of fused-ring (bicyclic) bond motifs is 1. The van der Waals surface area contributed by atoms with Gasteiger partial charge < -0.3 is 19.3 Å². The number of ether oxygens (including phenoxy) is 3. The average Bonchev–Trinajstić information content (AvgIpc) is 2.92. The van der Waals surface area contributed by atoms with Crippen molar-refractivity contribution in [1.82, 2.24) is 4.98 Å². The molecule has 2 heterocycles. The summed E-state index contributed by atoms with van der Waals surface area (Å²) >= 11 is 0. The molecule has 1 aromatic heterocycles. The molecule has 0 amide bonds. The van der Waals surface area contributed by atoms with E-state index in [2.05, 4.69) is 4.98 Å². The molecule has 0 spiro atoms. The molecule has 2 aromatic rings. The van der Waals surface area contributed by atoms with Crippen LogP contribution in [0, 0.1) is 6.92 Å². The van der Waals surface area contributed by atoms with E-state index in [0.29, 0.717) is 22.9 Å². The zero-order valence-electron chi connectivity index (χ0n) is 11.3. The molecule has 0 fully saturated rings. The van der Waals surface area contributed by atoms with Crippen LogP contribution in [0.1, 0.15) is 21.6 Å². The van der Waals surface area contributed by atoms with E-state index in [1.54, 1.807) is 19.1 Å². The maximum Gasteiger partial charge on any atom is 0.341 e. The van der Waals surface area contributed by atoms with Crippen molar-refractivity contribution in [1.29, 1.82) is 0 Å². The number of hydrogen-bond donors (Lipinski definition) is 1. The van der Waals surface area contributed by atoms with Crippen LogP contribution in [0.25, 0.3) is 0 Å². The highest BCUT2D eigenvalue weighted by Gasteiger charge is 2.15. The van der Waals surface area contributed by atoms with Gasteiger partial charge >= 0.3 is 5.97 Å². The number of carboxylic acid groups (broad SMARTS) is 1. The second-order valence-electron chi connectivity index (χ2n) is 4.60. The quantitative estimate of drug-likeness (QED) is 0.930. The number of carboxylic acids is 1. The number of hydrogen-bond acceptors (Lipinski definition) is 5. The van der Waals surface area contributed by atoms with Gasteiger partial charge in [-0.1, -0.05) is 6.07 Å². The first-order chi connectivity index (χ1) is 10.1. The molecule has 0 radical (unpaired) electrons. The Hall–Kier alpha value is -2.76. The van der Waals surface area contributed by atoms with E-state index in [0.717, 1.165) is 5.56 Å². The molecule has 0 bridgehead atoms. The van der Waals surface area contributed by atoms with Crippen molar-refractivity contribution in [3.63, 3.8) is 0 Å². The first-order valence-corrected chi connectivity index (χ1v) is 6.35. The van der Waals surface area contributed by atoms with Crippen LogP contribution in [0.2, 0.25) is 0 Å². The zero-order valence-corrected chi connectivity index (χ0v) is 11.3. The molecule has 0 unspecified atom stereocenters. The number of benzene rings is 1. The first-order valence-electron chi connectivity index (χ1n) is 6.35. The van der Waals surface area contributed by atoms with Crippen molar-refractivity contribution >= 4 is 5.97 Å². The number of aryl methyl sites for hydroxylation is 1. The highest BCUT2D eigenvalue weighted by Crippen LogP contribution is 2.33. The van der Waals surface area contributed by atoms with Crippen molar-refractivity contribution in [3.05, 3.63) is 47.3 Å². The topological polar surface area (TPSA) is 77.9 Å². The number of pyridine rings is 1. The lowest BCUT2D eigenvalue weighted by atomic mass is 10.2. The second kappa shape index (κ2) is 5.32. The fourth-order valence-electron chi connectivity index (χ4n) is 2.01. The molecule has 1 aliphatic heterocycles. The van der Waals surface area contributed by atoms with Crippen LogP contribution in [-0.2, 0) is 6.61 Å². The average molecular weight is 287 g/mol. The van der Waals surface area contributed by atoms with E-state index in [4.69, 9.17) is 19.3 Å². The molecule has 108 valence electrons. The predicted octanol–water partition coefficient (Wildman–Crippen LogP) is 2.40. The van der Waals surface area contributed by atoms with E-state index >= 15 is 0 Å². The lowest BCUT2D eigenvalue weighted by Crippen LogP contribution is -2.05. The molecular formula is C15H13NO5. The Morgan fingerprint density at radius 3 is 2.95 bits per heavy atom. The fourth-order valence-corrected chi connectivity index (χ4v) is 2.01. The van der Waals surface area contributed by atoms with Gasteiger partial charge in [0.1, 0.15) is 17.9 Å². The van der Waals surface area contributed by atoms with Gasteiger partial charge in [-0.2, -0.15) is 0 Å². The molecule has 1 N–H and O–H groups in total. The number of carbonyl (C=O) groups is 1. The molecule has 0 atom stereocenters. The van der Waals surface area contributed by atoms with Crippen LogP contribution in [0.3, 0.4) is 0 Å². The minimum absolute atomic E-state index is 0.0429. The summed E-state index contributed by atoms with van der Waals surface area (Å²) in [5.41, 5.74) is 1.60. The van der Waals surface area contributed by atoms with Gasteiger partial charge in [0.25, 0.3) is 0 Å². The Kier molecular flexibility index (Phi) is 3.35. The van der Waals surface area contributed by atoms with Crippen LogP contribution >= 0.6 is 0 Å². The summed E-state index contributed by atoms with van der Waals surface area (Å²) in [5.74, 6) is 0.598. The number of nitrogens with zero attached hydrogens (tertiary/aromatic N) is 1. The summed E-state index contributed by atoms with van der Waals surface area (Å²) in [6.45, 7) is 2.23. The Morgan fingerprint density at radius 2 is 2.14 bits per heavy atom. The van der Waals surface area contributed by atoms with Crippen molar-refractivity contribution in [2.75, 3.05) is 6.79 Å². The van der Waals surface area contributed by atoms with Crippen molar-refractivity contribution < 1.29 is 24.1 Å². The van der Waals surface area contributed by atoms with Gasteiger partial charge in [0, 0.05) is 18.0 Å². The Labute approximate surface area is 120 Å². The number of aromatic carboxylic acids is 1. The van der Waals surface area contributed by atoms with E-state index in [-0.39, 0.29) is 19.0 Å². The van der Waals surface area contributed by atoms with Crippen molar-refractivity contribution in [2.45, 2.75) is 13.5 Å². The molecule has 3 rings (SSSR count). The van der Waals surface area contributed by atoms with Crippen LogP contribution in [0.5, 0.6) is 17.2 Å². The maximum absolute atomic E-state index is 11.1. The Balaban J connectivity index is 1.78. The fraction of sp³-hybridized carbons (Fsp3) is 0.200. The smallest absolute Gasteiger partial charge is 0.341 e. The lowest BCUT2D eigenvalue weighted by Gasteiger charge is -2.10. The van der Waals surface area contributed by atoms with Gasteiger partial charge in [0.15, 0.2) is 11.5 Å². The third-order valence-corrected chi connectivity index (χ3v) is 3.06. The highest BCUT2D eigenvalue weighted by molar-refractivity contribution is 5.90. The number of aromatic nitrogens is 1. The molecule has 0 saturated carbocycles. The van der Waals surface area contributed by atoms with Gasteiger partial charge in [0.2, 0.25) is 6.79 Å². The van der Waals surface area contributed by atoms with Gasteiger partial charge in [-0.25, -0.2) is 4.79 Å². The van der Waals surface area contributed by atoms with Crippen molar-refractivity contribution in [3.8, 4) is 17.2 Å². The summed E-state index contributed by atoms with van der Waals surface area (Å²) in [5, 5.41) is 9.12. The number of rotatable bonds is 4. The third-order valence-electron chi connectivity index (χ3n) is 3.06. The van der Waals surface area contributed by atoms with E-state index < -0.39 is 5.97 Å². The highest BCUT2D eigenvalue weighted by atomic mass is 16.7. The summed E-state index contributed by atoms with van der Waals surface area (Å²) in [7, 11) is 0. The minimum Gasteiger partial charge on any atom is -0.488 e. The standard InChI is InChI=1S/C15H13NO5/c1-9-4-13(11(6-16-9)15(17)18)19-7-10-2-3-12-14(5-10)21-8-20-12/h2-6H,7-8H2,1H3,(H,17,18). The first kappa shape index (κ1) is 13.2. The summed E-state index contributed by atoms with van der Waals surface area (Å²) in [6, 6.07) is 7.08. The zero-order chi connectivity index (χ0) is 14.8. The monoisotopic (exact) mass is 287 g/mol. The van der Waals surface area contributed by atoms with Crippen LogP contribution in [0.4, 0.5) is 0 Å². The van der Waals surface area contributed by atoms with Gasteiger partial charge in [-0.3, -0.25) is 4.98 Å². The van der Waals surface area contributed by atoms with E-state index in [1.165, 1.54) is 6.20 Å². The Morgan fingerprint density at radius 1 is 1.33 bits per heavy atom. The van der Waals surface area contributed by atoms with Crippen LogP contribution < -0.4 is 14.2 Å².